The number of fused-ring (bicyclic) bond motifs is 1. The van der Waals surface area contributed by atoms with Crippen LogP contribution in [0.25, 0.3) is 16.6 Å². The van der Waals surface area contributed by atoms with E-state index in [0.717, 1.165) is 6.07 Å². The van der Waals surface area contributed by atoms with Gasteiger partial charge in [-0.05, 0) is 66.6 Å². The van der Waals surface area contributed by atoms with E-state index in [1.165, 1.54) is 45.3 Å². The van der Waals surface area contributed by atoms with Crippen molar-refractivity contribution in [3.63, 3.8) is 0 Å². The van der Waals surface area contributed by atoms with E-state index in [9.17, 15) is 22.0 Å². The van der Waals surface area contributed by atoms with Crippen molar-refractivity contribution in [2.75, 3.05) is 26.3 Å². The molecule has 2 N–H and O–H groups in total. The fraction of sp³-hybridized carbons (Fsp3) is 0.231. The molecule has 38 heavy (non-hydrogen) atoms. The molecular weight excluding hydrogens is 582 g/mol. The maximum absolute atomic E-state index is 13.8. The smallest absolute Gasteiger partial charge is 0.266 e. The second kappa shape index (κ2) is 10.6. The molecule has 1 fully saturated rings. The Labute approximate surface area is 225 Å². The summed E-state index contributed by atoms with van der Waals surface area (Å²) in [4.78, 5) is 18.4. The van der Waals surface area contributed by atoms with Crippen molar-refractivity contribution in [1.82, 2.24) is 13.9 Å². The Morgan fingerprint density at radius 1 is 1.00 bits per heavy atom. The highest BCUT2D eigenvalue weighted by Crippen LogP contribution is 2.24. The predicted molar refractivity (Wildman–Crippen MR) is 142 cm³/mol. The first kappa shape index (κ1) is 26.6. The Kier molecular flexibility index (Phi) is 7.43. The molecule has 4 aromatic rings. The third-order valence-electron chi connectivity index (χ3n) is 6.27. The first-order chi connectivity index (χ1) is 18.1. The van der Waals surface area contributed by atoms with Crippen molar-refractivity contribution in [2.45, 2.75) is 17.4 Å². The van der Waals surface area contributed by atoms with Crippen LogP contribution in [0.1, 0.15) is 17.4 Å². The highest BCUT2D eigenvalue weighted by atomic mass is 79.9. The average molecular weight is 605 g/mol. The summed E-state index contributed by atoms with van der Waals surface area (Å²) in [5, 5.41) is 0.325. The molecular formula is C26H23BrF2N4O4S. The molecule has 0 amide bonds. The molecule has 1 saturated heterocycles. The number of rotatable bonds is 6. The molecule has 0 bridgehead atoms. The first-order valence-corrected chi connectivity index (χ1v) is 14.0. The second-order valence-corrected chi connectivity index (χ2v) is 11.7. The van der Waals surface area contributed by atoms with E-state index in [2.05, 4.69) is 20.9 Å². The minimum Gasteiger partial charge on any atom is -0.379 e. The Balaban J connectivity index is 1.60. The van der Waals surface area contributed by atoms with Gasteiger partial charge in [-0.1, -0.05) is 15.9 Å². The summed E-state index contributed by atoms with van der Waals surface area (Å²) < 4.78 is 62.3. The number of ether oxygens (including phenoxy) is 1. The highest BCUT2D eigenvalue weighted by Gasteiger charge is 2.27. The van der Waals surface area contributed by atoms with Gasteiger partial charge in [0.15, 0.2) is 0 Å². The highest BCUT2D eigenvalue weighted by molar-refractivity contribution is 9.10. The summed E-state index contributed by atoms with van der Waals surface area (Å²) in [7, 11) is -3.74. The molecule has 0 aliphatic carbocycles. The number of nitrogens with two attached hydrogens (primary N) is 1. The van der Waals surface area contributed by atoms with Crippen LogP contribution in [-0.2, 0) is 21.2 Å². The largest absolute Gasteiger partial charge is 0.379 e. The van der Waals surface area contributed by atoms with Crippen molar-refractivity contribution < 1.29 is 21.9 Å². The van der Waals surface area contributed by atoms with Crippen molar-refractivity contribution in [3.05, 3.63) is 98.5 Å². The summed E-state index contributed by atoms with van der Waals surface area (Å²) >= 11 is 3.38. The van der Waals surface area contributed by atoms with Gasteiger partial charge in [0.2, 0.25) is 10.0 Å². The zero-order valence-corrected chi connectivity index (χ0v) is 22.4. The normalized spacial score (nSPS) is 15.6. The number of nitrogens with zero attached hydrogens (tertiary/aromatic N) is 3. The molecule has 2 heterocycles. The van der Waals surface area contributed by atoms with Crippen molar-refractivity contribution >= 4 is 36.9 Å². The number of morpholine rings is 1. The lowest BCUT2D eigenvalue weighted by Gasteiger charge is -2.26. The molecule has 0 radical (unpaired) electrons. The summed E-state index contributed by atoms with van der Waals surface area (Å²) in [6, 6.07) is 13.1. The van der Waals surface area contributed by atoms with Gasteiger partial charge >= 0.3 is 0 Å². The monoisotopic (exact) mass is 604 g/mol. The van der Waals surface area contributed by atoms with E-state index >= 15 is 0 Å². The van der Waals surface area contributed by atoms with Crippen LogP contribution in [0.4, 0.5) is 8.78 Å². The molecule has 1 aliphatic heterocycles. The Morgan fingerprint density at radius 3 is 2.32 bits per heavy atom. The maximum atomic E-state index is 13.8. The summed E-state index contributed by atoms with van der Waals surface area (Å²) in [6.07, 6.45) is 0.00409. The minimum atomic E-state index is -3.74. The van der Waals surface area contributed by atoms with E-state index in [1.807, 2.05) is 0 Å². The molecule has 12 heteroatoms. The van der Waals surface area contributed by atoms with Crippen molar-refractivity contribution in [3.8, 4) is 5.69 Å². The van der Waals surface area contributed by atoms with Crippen LogP contribution >= 0.6 is 15.9 Å². The molecule has 1 aromatic heterocycles. The van der Waals surface area contributed by atoms with Crippen LogP contribution in [0, 0.1) is 11.6 Å². The van der Waals surface area contributed by atoms with Gasteiger partial charge in [0.25, 0.3) is 5.56 Å². The molecule has 198 valence electrons. The van der Waals surface area contributed by atoms with Gasteiger partial charge < -0.3 is 10.5 Å². The van der Waals surface area contributed by atoms with Crippen molar-refractivity contribution in [1.29, 1.82) is 0 Å². The van der Waals surface area contributed by atoms with Crippen LogP contribution in [-0.4, -0.2) is 48.6 Å². The lowest BCUT2D eigenvalue weighted by molar-refractivity contribution is 0.0730. The number of hydrogen-bond acceptors (Lipinski definition) is 6. The zero-order chi connectivity index (χ0) is 27.0. The number of benzene rings is 3. The maximum Gasteiger partial charge on any atom is 0.266 e. The van der Waals surface area contributed by atoms with Gasteiger partial charge in [-0.15, -0.1) is 0 Å². The Bertz CT molecular complexity index is 1650. The van der Waals surface area contributed by atoms with E-state index in [-0.39, 0.29) is 30.2 Å². The standard InChI is InChI=1S/C26H23BrF2N4O4S/c27-17-1-6-22-24(14-17)31-25(23(30)13-16-11-18(28)15-19(29)12-16)33(26(22)34)20-2-4-21(5-3-20)38(35,36)32-7-9-37-10-8-32/h1-6,11-12,14-15,23H,7-10,13,30H2/t23-/m1/s1. The fourth-order valence-electron chi connectivity index (χ4n) is 4.45. The minimum absolute atomic E-state index is 0.00409. The SMILES string of the molecule is N[C@H](Cc1cc(F)cc(F)c1)c1nc2cc(Br)ccc2c(=O)n1-c1ccc(S(=O)(=O)N2CCOCC2)cc1. The van der Waals surface area contributed by atoms with Gasteiger partial charge in [-0.3, -0.25) is 9.36 Å². The van der Waals surface area contributed by atoms with E-state index in [0.29, 0.717) is 39.8 Å². The van der Waals surface area contributed by atoms with Gasteiger partial charge in [0.05, 0.1) is 40.7 Å². The molecule has 8 nitrogen and oxygen atoms in total. The Hall–Kier alpha value is -3.03. The summed E-state index contributed by atoms with van der Waals surface area (Å²) in [5.74, 6) is -1.32. The van der Waals surface area contributed by atoms with Gasteiger partial charge in [-0.2, -0.15) is 4.31 Å². The third kappa shape index (κ3) is 5.27. The Morgan fingerprint density at radius 2 is 1.66 bits per heavy atom. The lowest BCUT2D eigenvalue weighted by atomic mass is 10.0. The van der Waals surface area contributed by atoms with E-state index in [4.69, 9.17) is 10.5 Å². The molecule has 0 spiro atoms. The molecule has 0 unspecified atom stereocenters. The van der Waals surface area contributed by atoms with Crippen LogP contribution < -0.4 is 11.3 Å². The predicted octanol–water partition coefficient (Wildman–Crippen LogP) is 3.69. The second-order valence-electron chi connectivity index (χ2n) is 8.87. The molecule has 1 aliphatic rings. The third-order valence-corrected chi connectivity index (χ3v) is 8.68. The summed E-state index contributed by atoms with van der Waals surface area (Å²) in [6.45, 7) is 1.16. The van der Waals surface area contributed by atoms with E-state index < -0.39 is 33.3 Å². The number of hydrogen-bond donors (Lipinski definition) is 1. The van der Waals surface area contributed by atoms with Crippen LogP contribution in [0.2, 0.25) is 0 Å². The van der Waals surface area contributed by atoms with Gasteiger partial charge in [0.1, 0.15) is 17.5 Å². The zero-order valence-electron chi connectivity index (χ0n) is 20.0. The quantitative estimate of drug-likeness (QED) is 0.360. The van der Waals surface area contributed by atoms with Crippen LogP contribution in [0.15, 0.2) is 74.8 Å². The number of halogens is 3. The van der Waals surface area contributed by atoms with Gasteiger partial charge in [0, 0.05) is 23.6 Å². The molecule has 5 rings (SSSR count). The number of aromatic nitrogens is 2. The lowest BCUT2D eigenvalue weighted by Crippen LogP contribution is -2.40. The topological polar surface area (TPSA) is 108 Å². The molecule has 0 saturated carbocycles. The number of sulfonamides is 1. The van der Waals surface area contributed by atoms with Crippen molar-refractivity contribution in [2.24, 2.45) is 5.73 Å². The first-order valence-electron chi connectivity index (χ1n) is 11.7. The average Bonchev–Trinajstić information content (AvgIpc) is 2.88. The molecule has 1 atom stereocenters. The van der Waals surface area contributed by atoms with E-state index in [1.54, 1.807) is 18.2 Å². The molecule has 3 aromatic carbocycles. The fourth-order valence-corrected chi connectivity index (χ4v) is 6.21. The van der Waals surface area contributed by atoms with Crippen LogP contribution in [0.5, 0.6) is 0 Å². The van der Waals surface area contributed by atoms with Crippen LogP contribution in [0.3, 0.4) is 0 Å². The van der Waals surface area contributed by atoms with Gasteiger partial charge in [-0.25, -0.2) is 22.2 Å². The summed E-state index contributed by atoms with van der Waals surface area (Å²) in [5.41, 5.74) is 7.10.